The number of allylic oxidation sites excluding steroid dienone is 1. The maximum atomic E-state index is 11.1. The first kappa shape index (κ1) is 17.3. The van der Waals surface area contributed by atoms with Crippen LogP contribution in [0.25, 0.3) is 6.08 Å². The van der Waals surface area contributed by atoms with Crippen molar-refractivity contribution >= 4 is 12.0 Å². The number of phenols is 1. The second kappa shape index (κ2) is 10.0. The highest BCUT2D eigenvalue weighted by Crippen LogP contribution is 2.22. The zero-order valence-electron chi connectivity index (χ0n) is 12.8. The third kappa shape index (κ3) is 6.48. The first-order valence-corrected chi connectivity index (χ1v) is 7.88. The van der Waals surface area contributed by atoms with Crippen LogP contribution in [0.2, 0.25) is 0 Å². The van der Waals surface area contributed by atoms with E-state index in [1.165, 1.54) is 44.6 Å². The van der Waals surface area contributed by atoms with Crippen molar-refractivity contribution in [3.63, 3.8) is 0 Å². The van der Waals surface area contributed by atoms with Gasteiger partial charge in [0.15, 0.2) is 0 Å². The lowest BCUT2D eigenvalue weighted by molar-refractivity contribution is 0.0693. The Morgan fingerprint density at radius 3 is 2.43 bits per heavy atom. The number of hydrogen-bond donors (Lipinski definition) is 2. The zero-order chi connectivity index (χ0) is 15.5. The number of rotatable bonds is 10. The van der Waals surface area contributed by atoms with Gasteiger partial charge >= 0.3 is 5.97 Å². The van der Waals surface area contributed by atoms with E-state index in [-0.39, 0.29) is 11.3 Å². The number of aromatic hydroxyl groups is 1. The molecule has 0 saturated carbocycles. The third-order valence-electron chi connectivity index (χ3n) is 3.56. The molecule has 0 saturated heterocycles. The first-order valence-electron chi connectivity index (χ1n) is 7.88. The molecule has 0 atom stereocenters. The van der Waals surface area contributed by atoms with E-state index < -0.39 is 5.97 Å². The average molecular weight is 290 g/mol. The largest absolute Gasteiger partial charge is 0.507 e. The second-order valence-corrected chi connectivity index (χ2v) is 5.36. The van der Waals surface area contributed by atoms with Gasteiger partial charge in [0.05, 0.1) is 0 Å². The minimum atomic E-state index is -1.09. The lowest BCUT2D eigenvalue weighted by Gasteiger charge is -2.03. The third-order valence-corrected chi connectivity index (χ3v) is 3.56. The number of unbranched alkanes of at least 4 members (excludes halogenated alkanes) is 7. The molecule has 0 unspecified atom stereocenters. The van der Waals surface area contributed by atoms with Gasteiger partial charge in [0.2, 0.25) is 0 Å². The molecule has 3 nitrogen and oxygen atoms in total. The zero-order valence-corrected chi connectivity index (χ0v) is 12.8. The van der Waals surface area contributed by atoms with Crippen LogP contribution in [0.15, 0.2) is 24.3 Å². The first-order chi connectivity index (χ1) is 10.2. The van der Waals surface area contributed by atoms with Gasteiger partial charge in [0.25, 0.3) is 0 Å². The molecule has 3 heteroatoms. The van der Waals surface area contributed by atoms with E-state index in [2.05, 4.69) is 6.92 Å². The maximum Gasteiger partial charge on any atom is 0.340 e. The van der Waals surface area contributed by atoms with E-state index in [9.17, 15) is 9.90 Å². The van der Waals surface area contributed by atoms with Gasteiger partial charge in [0.1, 0.15) is 11.3 Å². The lowest BCUT2D eigenvalue weighted by atomic mass is 10.0. The van der Waals surface area contributed by atoms with Gasteiger partial charge in [-0.25, -0.2) is 4.79 Å². The van der Waals surface area contributed by atoms with Crippen LogP contribution in [-0.2, 0) is 0 Å². The minimum Gasteiger partial charge on any atom is -0.507 e. The normalized spacial score (nSPS) is 11.1. The molecule has 116 valence electrons. The summed E-state index contributed by atoms with van der Waals surface area (Å²) in [6, 6.07) is 4.77. The Hall–Kier alpha value is -1.77. The van der Waals surface area contributed by atoms with Crippen LogP contribution in [0.3, 0.4) is 0 Å². The van der Waals surface area contributed by atoms with Crippen molar-refractivity contribution in [2.24, 2.45) is 0 Å². The van der Waals surface area contributed by atoms with Crippen LogP contribution >= 0.6 is 0 Å². The van der Waals surface area contributed by atoms with Gasteiger partial charge < -0.3 is 10.2 Å². The molecule has 1 aromatic rings. The van der Waals surface area contributed by atoms with E-state index in [1.54, 1.807) is 18.2 Å². The Bertz CT molecular complexity index is 464. The lowest BCUT2D eigenvalue weighted by Crippen LogP contribution is -1.99. The van der Waals surface area contributed by atoms with Crippen molar-refractivity contribution < 1.29 is 15.0 Å². The molecule has 0 bridgehead atoms. The molecule has 1 rings (SSSR count). The Kier molecular flexibility index (Phi) is 8.25. The molecule has 0 amide bonds. The summed E-state index contributed by atoms with van der Waals surface area (Å²) in [7, 11) is 0. The van der Waals surface area contributed by atoms with Crippen molar-refractivity contribution in [2.45, 2.75) is 58.3 Å². The Balaban J connectivity index is 2.34. The summed E-state index contributed by atoms with van der Waals surface area (Å²) in [6.45, 7) is 2.22. The van der Waals surface area contributed by atoms with Crippen LogP contribution in [0.1, 0.15) is 74.2 Å². The summed E-state index contributed by atoms with van der Waals surface area (Å²) in [6.07, 6.45) is 13.6. The van der Waals surface area contributed by atoms with Crippen molar-refractivity contribution in [1.82, 2.24) is 0 Å². The molecule has 0 aliphatic carbocycles. The van der Waals surface area contributed by atoms with Crippen LogP contribution in [0.4, 0.5) is 0 Å². The smallest absolute Gasteiger partial charge is 0.340 e. The summed E-state index contributed by atoms with van der Waals surface area (Å²) in [4.78, 5) is 11.1. The van der Waals surface area contributed by atoms with E-state index >= 15 is 0 Å². The summed E-state index contributed by atoms with van der Waals surface area (Å²) >= 11 is 0. The topological polar surface area (TPSA) is 57.5 Å². The van der Waals surface area contributed by atoms with E-state index in [4.69, 9.17) is 5.11 Å². The molecule has 0 radical (unpaired) electrons. The number of aromatic carboxylic acids is 1. The monoisotopic (exact) mass is 290 g/mol. The molecule has 0 aliphatic rings. The summed E-state index contributed by atoms with van der Waals surface area (Å²) in [5.74, 6) is -1.27. The molecule has 0 aromatic heterocycles. The molecule has 21 heavy (non-hydrogen) atoms. The van der Waals surface area contributed by atoms with Gasteiger partial charge in [0, 0.05) is 0 Å². The van der Waals surface area contributed by atoms with Crippen molar-refractivity contribution in [2.75, 3.05) is 0 Å². The van der Waals surface area contributed by atoms with Gasteiger partial charge in [-0.1, -0.05) is 69.7 Å². The predicted octanol–water partition coefficient (Wildman–Crippen LogP) is 5.24. The quantitative estimate of drug-likeness (QED) is 0.579. The summed E-state index contributed by atoms with van der Waals surface area (Å²) in [5, 5.41) is 18.7. The maximum absolute atomic E-state index is 11.1. The fraction of sp³-hybridized carbons (Fsp3) is 0.500. The number of carboxylic acids is 1. The number of carbonyl (C=O) groups is 1. The molecule has 0 heterocycles. The molecule has 0 aliphatic heterocycles. The number of benzene rings is 1. The second-order valence-electron chi connectivity index (χ2n) is 5.36. The predicted molar refractivity (Wildman–Crippen MR) is 86.7 cm³/mol. The number of hydrogen-bond acceptors (Lipinski definition) is 2. The SMILES string of the molecule is CCCCCCCCC/C=C/c1cccc(O)c1C(=O)O. The Morgan fingerprint density at radius 1 is 1.10 bits per heavy atom. The highest BCUT2D eigenvalue weighted by Gasteiger charge is 2.12. The van der Waals surface area contributed by atoms with Gasteiger partial charge in [-0.15, -0.1) is 0 Å². The van der Waals surface area contributed by atoms with Crippen LogP contribution in [0.5, 0.6) is 5.75 Å². The van der Waals surface area contributed by atoms with Gasteiger partial charge in [-0.3, -0.25) is 0 Å². The van der Waals surface area contributed by atoms with Crippen molar-refractivity contribution in [3.05, 3.63) is 35.4 Å². The average Bonchev–Trinajstić information content (AvgIpc) is 2.45. The van der Waals surface area contributed by atoms with Crippen LogP contribution in [0, 0.1) is 0 Å². The fourth-order valence-electron chi connectivity index (χ4n) is 2.36. The highest BCUT2D eigenvalue weighted by atomic mass is 16.4. The summed E-state index contributed by atoms with van der Waals surface area (Å²) in [5.41, 5.74) is 0.541. The van der Waals surface area contributed by atoms with E-state index in [0.717, 1.165) is 12.8 Å². The van der Waals surface area contributed by atoms with Crippen molar-refractivity contribution in [1.29, 1.82) is 0 Å². The van der Waals surface area contributed by atoms with Gasteiger partial charge in [-0.2, -0.15) is 0 Å². The van der Waals surface area contributed by atoms with Crippen LogP contribution < -0.4 is 0 Å². The summed E-state index contributed by atoms with van der Waals surface area (Å²) < 4.78 is 0. The molecule has 2 N–H and O–H groups in total. The van der Waals surface area contributed by atoms with Gasteiger partial charge in [-0.05, 0) is 24.5 Å². The Morgan fingerprint density at radius 2 is 1.76 bits per heavy atom. The molecular formula is C18H26O3. The number of carboxylic acid groups (broad SMARTS) is 1. The molecule has 1 aromatic carbocycles. The highest BCUT2D eigenvalue weighted by molar-refractivity contribution is 5.95. The van der Waals surface area contributed by atoms with E-state index in [1.807, 2.05) is 6.08 Å². The molecule has 0 fully saturated rings. The van der Waals surface area contributed by atoms with E-state index in [0.29, 0.717) is 5.56 Å². The minimum absolute atomic E-state index is 0.0201. The molecule has 0 spiro atoms. The molecular weight excluding hydrogens is 264 g/mol. The fourth-order valence-corrected chi connectivity index (χ4v) is 2.36. The van der Waals surface area contributed by atoms with Crippen LogP contribution in [-0.4, -0.2) is 16.2 Å². The Labute approximate surface area is 127 Å². The van der Waals surface area contributed by atoms with Crippen molar-refractivity contribution in [3.8, 4) is 5.75 Å². The standard InChI is InChI=1S/C18H26O3/c1-2-3-4-5-6-7-8-9-10-12-15-13-11-14-16(19)17(15)18(20)21/h10-14,19H,2-9H2,1H3,(H,20,21)/b12-10+.